The van der Waals surface area contributed by atoms with Gasteiger partial charge in [0.2, 0.25) is 5.91 Å². The lowest BCUT2D eigenvalue weighted by Crippen LogP contribution is -2.48. The van der Waals surface area contributed by atoms with Gasteiger partial charge in [-0.3, -0.25) is 9.59 Å². The third kappa shape index (κ3) is 3.38. The Morgan fingerprint density at radius 1 is 1.08 bits per heavy atom. The maximum Gasteiger partial charge on any atom is 0.326 e. The van der Waals surface area contributed by atoms with Gasteiger partial charge < -0.3 is 10.0 Å². The Morgan fingerprint density at radius 2 is 1.83 bits per heavy atom. The number of carbonyl (C=O) groups is 3. The van der Waals surface area contributed by atoms with Gasteiger partial charge in [-0.25, -0.2) is 4.79 Å². The molecule has 6 heteroatoms. The molecular formula is C18H17NO4S. The first-order valence-electron chi connectivity index (χ1n) is 7.72. The van der Waals surface area contributed by atoms with Gasteiger partial charge in [-0.05, 0) is 22.6 Å². The SMILES string of the molecule is O=C(CCC(=O)N1Cc2ccccc2C[C@H]1C(=O)O)c1cccs1. The predicted molar refractivity (Wildman–Crippen MR) is 90.0 cm³/mol. The zero-order chi connectivity index (χ0) is 17.1. The lowest BCUT2D eigenvalue weighted by atomic mass is 9.93. The van der Waals surface area contributed by atoms with Gasteiger partial charge in [0.15, 0.2) is 5.78 Å². The molecular weight excluding hydrogens is 326 g/mol. The zero-order valence-corrected chi connectivity index (χ0v) is 13.8. The number of rotatable bonds is 5. The molecule has 0 saturated heterocycles. The summed E-state index contributed by atoms with van der Waals surface area (Å²) in [5, 5.41) is 11.3. The summed E-state index contributed by atoms with van der Waals surface area (Å²) in [7, 11) is 0. The van der Waals surface area contributed by atoms with E-state index >= 15 is 0 Å². The minimum atomic E-state index is -1.01. The molecule has 0 bridgehead atoms. The van der Waals surface area contributed by atoms with Crippen LogP contribution in [0.1, 0.15) is 33.6 Å². The third-order valence-electron chi connectivity index (χ3n) is 4.22. The van der Waals surface area contributed by atoms with Crippen molar-refractivity contribution in [2.45, 2.75) is 31.8 Å². The molecule has 24 heavy (non-hydrogen) atoms. The van der Waals surface area contributed by atoms with E-state index in [1.165, 1.54) is 16.2 Å². The summed E-state index contributed by atoms with van der Waals surface area (Å²) in [5.74, 6) is -1.38. The third-order valence-corrected chi connectivity index (χ3v) is 5.13. The smallest absolute Gasteiger partial charge is 0.326 e. The van der Waals surface area contributed by atoms with E-state index in [4.69, 9.17) is 0 Å². The van der Waals surface area contributed by atoms with Crippen molar-refractivity contribution in [2.24, 2.45) is 0 Å². The van der Waals surface area contributed by atoms with E-state index in [-0.39, 0.29) is 31.1 Å². The quantitative estimate of drug-likeness (QED) is 0.847. The largest absolute Gasteiger partial charge is 0.480 e. The van der Waals surface area contributed by atoms with Crippen molar-refractivity contribution in [1.82, 2.24) is 4.90 Å². The summed E-state index contributed by atoms with van der Waals surface area (Å²) in [4.78, 5) is 38.1. The average Bonchev–Trinajstić information content (AvgIpc) is 3.12. The second-order valence-electron chi connectivity index (χ2n) is 5.75. The fraction of sp³-hybridized carbons (Fsp3) is 0.278. The number of carboxylic acids is 1. The van der Waals surface area contributed by atoms with Crippen molar-refractivity contribution < 1.29 is 19.5 Å². The number of fused-ring (bicyclic) bond motifs is 1. The predicted octanol–water partition coefficient (Wildman–Crippen LogP) is 2.75. The van der Waals surface area contributed by atoms with Crippen molar-refractivity contribution in [2.75, 3.05) is 0 Å². The topological polar surface area (TPSA) is 74.7 Å². The van der Waals surface area contributed by atoms with Gasteiger partial charge in [-0.15, -0.1) is 11.3 Å². The van der Waals surface area contributed by atoms with Crippen molar-refractivity contribution in [3.63, 3.8) is 0 Å². The summed E-state index contributed by atoms with van der Waals surface area (Å²) in [6.07, 6.45) is 0.433. The molecule has 2 heterocycles. The number of benzene rings is 1. The minimum Gasteiger partial charge on any atom is -0.480 e. The molecule has 1 aromatic carbocycles. The van der Waals surface area contributed by atoms with E-state index in [0.29, 0.717) is 11.3 Å². The van der Waals surface area contributed by atoms with Gasteiger partial charge in [-0.1, -0.05) is 30.3 Å². The summed E-state index contributed by atoms with van der Waals surface area (Å²) >= 11 is 1.35. The van der Waals surface area contributed by atoms with Crippen LogP contribution in [0.2, 0.25) is 0 Å². The molecule has 1 atom stereocenters. The summed E-state index contributed by atoms with van der Waals surface area (Å²) < 4.78 is 0. The fourth-order valence-electron chi connectivity index (χ4n) is 2.93. The van der Waals surface area contributed by atoms with Crippen molar-refractivity contribution in [3.8, 4) is 0 Å². The first-order valence-corrected chi connectivity index (χ1v) is 8.60. The van der Waals surface area contributed by atoms with Crippen LogP contribution < -0.4 is 0 Å². The maximum absolute atomic E-state index is 12.5. The summed E-state index contributed by atoms with van der Waals surface area (Å²) in [6.45, 7) is 0.277. The molecule has 0 spiro atoms. The number of nitrogens with zero attached hydrogens (tertiary/aromatic N) is 1. The van der Waals surface area contributed by atoms with Crippen LogP contribution in [0.15, 0.2) is 41.8 Å². The van der Waals surface area contributed by atoms with E-state index in [1.807, 2.05) is 29.6 Å². The van der Waals surface area contributed by atoms with Crippen LogP contribution in [0.25, 0.3) is 0 Å². The highest BCUT2D eigenvalue weighted by molar-refractivity contribution is 7.12. The highest BCUT2D eigenvalue weighted by Crippen LogP contribution is 2.24. The standard InChI is InChI=1S/C18H17NO4S/c20-15(16-6-3-9-24-16)7-8-17(21)19-11-13-5-2-1-4-12(13)10-14(19)18(22)23/h1-6,9,14H,7-8,10-11H2,(H,22,23)/t14-/m0/s1. The number of carbonyl (C=O) groups excluding carboxylic acids is 2. The van der Waals surface area contributed by atoms with Crippen LogP contribution in [0.3, 0.4) is 0 Å². The molecule has 0 unspecified atom stereocenters. The molecule has 1 amide bonds. The van der Waals surface area contributed by atoms with Gasteiger partial charge in [0.05, 0.1) is 4.88 Å². The van der Waals surface area contributed by atoms with E-state index in [2.05, 4.69) is 0 Å². The zero-order valence-electron chi connectivity index (χ0n) is 13.0. The number of hydrogen-bond acceptors (Lipinski definition) is 4. The molecule has 1 aliphatic heterocycles. The van der Waals surface area contributed by atoms with Gasteiger partial charge >= 0.3 is 5.97 Å². The molecule has 0 saturated carbocycles. The molecule has 2 aromatic rings. The van der Waals surface area contributed by atoms with Crippen molar-refractivity contribution >= 4 is 29.0 Å². The average molecular weight is 343 g/mol. The molecule has 0 fully saturated rings. The lowest BCUT2D eigenvalue weighted by Gasteiger charge is -2.34. The number of hydrogen-bond donors (Lipinski definition) is 1. The summed E-state index contributed by atoms with van der Waals surface area (Å²) in [5.41, 5.74) is 1.93. The Hall–Kier alpha value is -2.47. The monoisotopic (exact) mass is 343 g/mol. The number of Topliss-reactive ketones (excluding diaryl/α,β-unsaturated/α-hetero) is 1. The van der Waals surface area contributed by atoms with Gasteiger partial charge in [0.25, 0.3) is 0 Å². The minimum absolute atomic E-state index is 0.0304. The van der Waals surface area contributed by atoms with Crippen LogP contribution >= 0.6 is 11.3 Å². The lowest BCUT2D eigenvalue weighted by molar-refractivity contribution is -0.151. The van der Waals surface area contributed by atoms with Crippen LogP contribution in [-0.4, -0.2) is 33.7 Å². The van der Waals surface area contributed by atoms with Crippen molar-refractivity contribution in [3.05, 3.63) is 57.8 Å². The number of aliphatic carboxylic acids is 1. The van der Waals surface area contributed by atoms with Gasteiger partial charge in [-0.2, -0.15) is 0 Å². The maximum atomic E-state index is 12.5. The normalized spacial score (nSPS) is 16.5. The Bertz CT molecular complexity index is 769. The number of thiophene rings is 1. The molecule has 3 rings (SSSR count). The van der Waals surface area contributed by atoms with Crippen LogP contribution in [0.5, 0.6) is 0 Å². The van der Waals surface area contributed by atoms with E-state index in [1.54, 1.807) is 12.1 Å². The highest BCUT2D eigenvalue weighted by atomic mass is 32.1. The first-order chi connectivity index (χ1) is 11.6. The van der Waals surface area contributed by atoms with Crippen LogP contribution in [0.4, 0.5) is 0 Å². The van der Waals surface area contributed by atoms with Gasteiger partial charge in [0.1, 0.15) is 6.04 Å². The number of carboxylic acid groups (broad SMARTS) is 1. The Labute approximate surface area is 143 Å². The molecule has 1 aromatic heterocycles. The Morgan fingerprint density at radius 3 is 2.50 bits per heavy atom. The summed E-state index contributed by atoms with van der Waals surface area (Å²) in [6, 6.07) is 10.2. The molecule has 0 radical (unpaired) electrons. The molecule has 1 N–H and O–H groups in total. The van der Waals surface area contributed by atoms with Crippen LogP contribution in [0, 0.1) is 0 Å². The second-order valence-corrected chi connectivity index (χ2v) is 6.70. The fourth-order valence-corrected chi connectivity index (χ4v) is 3.62. The number of ketones is 1. The first kappa shape index (κ1) is 16.4. The Balaban J connectivity index is 1.70. The highest BCUT2D eigenvalue weighted by Gasteiger charge is 2.34. The van der Waals surface area contributed by atoms with E-state index in [9.17, 15) is 19.5 Å². The molecule has 0 aliphatic carbocycles. The van der Waals surface area contributed by atoms with Gasteiger partial charge in [0, 0.05) is 25.8 Å². The van der Waals surface area contributed by atoms with Crippen molar-refractivity contribution in [1.29, 1.82) is 0 Å². The molecule has 5 nitrogen and oxygen atoms in total. The second kappa shape index (κ2) is 6.97. The van der Waals surface area contributed by atoms with E-state index in [0.717, 1.165) is 11.1 Å². The molecule has 1 aliphatic rings. The number of amides is 1. The Kier molecular flexibility index (Phi) is 4.76. The molecule has 124 valence electrons. The van der Waals surface area contributed by atoms with Crippen LogP contribution in [-0.2, 0) is 22.6 Å². The van der Waals surface area contributed by atoms with E-state index < -0.39 is 12.0 Å².